The maximum absolute atomic E-state index is 12.1. The summed E-state index contributed by atoms with van der Waals surface area (Å²) in [4.78, 5) is 11.7. The van der Waals surface area contributed by atoms with Crippen LogP contribution in [0.3, 0.4) is 0 Å². The summed E-state index contributed by atoms with van der Waals surface area (Å²) in [6, 6.07) is 5.01. The van der Waals surface area contributed by atoms with E-state index in [9.17, 15) is 13.2 Å². The van der Waals surface area contributed by atoms with E-state index in [1.807, 2.05) is 0 Å². The van der Waals surface area contributed by atoms with Gasteiger partial charge in [0.1, 0.15) is 0 Å². The summed E-state index contributed by atoms with van der Waals surface area (Å²) in [7, 11) is -3.45. The van der Waals surface area contributed by atoms with Gasteiger partial charge in [0.05, 0.1) is 11.9 Å². The number of carbonyl (C=O) groups excluding carboxylic acids is 1. The molecule has 134 valence electrons. The van der Waals surface area contributed by atoms with E-state index >= 15 is 0 Å². The number of hydrogen-bond acceptors (Lipinski definition) is 5. The van der Waals surface area contributed by atoms with Crippen molar-refractivity contribution in [2.45, 2.75) is 32.6 Å². The Balaban J connectivity index is 1.96. The quantitative estimate of drug-likeness (QED) is 0.683. The Morgan fingerprint density at radius 1 is 1.25 bits per heavy atom. The van der Waals surface area contributed by atoms with Crippen molar-refractivity contribution in [1.82, 2.24) is 5.32 Å². The molecule has 0 saturated heterocycles. The molecule has 24 heavy (non-hydrogen) atoms. The Morgan fingerprint density at radius 2 is 2.00 bits per heavy atom. The van der Waals surface area contributed by atoms with Gasteiger partial charge in [0, 0.05) is 25.6 Å². The van der Waals surface area contributed by atoms with E-state index < -0.39 is 10.0 Å². The van der Waals surface area contributed by atoms with E-state index in [-0.39, 0.29) is 19.2 Å². The fourth-order valence-electron chi connectivity index (χ4n) is 2.40. The lowest BCUT2D eigenvalue weighted by molar-refractivity contribution is -0.121. The normalized spacial score (nSPS) is 12.9. The maximum atomic E-state index is 12.1. The smallest absolute Gasteiger partial charge is 0.232 e. The first kappa shape index (κ1) is 18.4. The second-order valence-electron chi connectivity index (χ2n) is 5.68. The number of unbranched alkanes of at least 4 members (excludes halogenated alkanes) is 1. The second-order valence-corrected chi connectivity index (χ2v) is 7.59. The highest BCUT2D eigenvalue weighted by Gasteiger charge is 2.21. The molecule has 7 nitrogen and oxygen atoms in total. The average Bonchev–Trinajstić information content (AvgIpc) is 2.98. The zero-order valence-corrected chi connectivity index (χ0v) is 14.9. The third kappa shape index (κ3) is 5.02. The van der Waals surface area contributed by atoms with Gasteiger partial charge in [-0.2, -0.15) is 0 Å². The second kappa shape index (κ2) is 8.23. The van der Waals surface area contributed by atoms with Crippen LogP contribution in [0.25, 0.3) is 0 Å². The van der Waals surface area contributed by atoms with E-state index in [4.69, 9.17) is 9.47 Å². The molecule has 1 aliphatic heterocycles. The molecule has 0 aromatic heterocycles. The molecule has 0 radical (unpaired) electrons. The molecule has 0 atom stereocenters. The van der Waals surface area contributed by atoms with Crippen molar-refractivity contribution in [2.24, 2.45) is 0 Å². The van der Waals surface area contributed by atoms with Crippen LogP contribution in [0.1, 0.15) is 32.6 Å². The zero-order chi connectivity index (χ0) is 17.6. The molecule has 1 aromatic rings. The van der Waals surface area contributed by atoms with Gasteiger partial charge in [-0.25, -0.2) is 8.42 Å². The molecule has 0 spiro atoms. The summed E-state index contributed by atoms with van der Waals surface area (Å²) >= 11 is 0. The van der Waals surface area contributed by atoms with Crippen LogP contribution in [0.5, 0.6) is 11.5 Å². The van der Waals surface area contributed by atoms with Crippen molar-refractivity contribution in [1.29, 1.82) is 0 Å². The van der Waals surface area contributed by atoms with Gasteiger partial charge in [-0.05, 0) is 25.0 Å². The van der Waals surface area contributed by atoms with E-state index in [1.54, 1.807) is 18.2 Å². The number of fused-ring (bicyclic) bond motifs is 1. The van der Waals surface area contributed by atoms with Crippen molar-refractivity contribution in [2.75, 3.05) is 30.4 Å². The van der Waals surface area contributed by atoms with Gasteiger partial charge in [0.15, 0.2) is 11.5 Å². The lowest BCUT2D eigenvalue weighted by Gasteiger charge is -2.22. The van der Waals surface area contributed by atoms with Gasteiger partial charge in [0.2, 0.25) is 22.7 Å². The number of ether oxygens (including phenoxy) is 2. The monoisotopic (exact) mass is 356 g/mol. The van der Waals surface area contributed by atoms with Crippen LogP contribution in [0.2, 0.25) is 0 Å². The minimum Gasteiger partial charge on any atom is -0.454 e. The number of amides is 1. The van der Waals surface area contributed by atoms with Gasteiger partial charge >= 0.3 is 0 Å². The largest absolute Gasteiger partial charge is 0.454 e. The van der Waals surface area contributed by atoms with Crippen LogP contribution in [0.15, 0.2) is 18.2 Å². The highest BCUT2D eigenvalue weighted by Crippen LogP contribution is 2.36. The van der Waals surface area contributed by atoms with Crippen LogP contribution < -0.4 is 19.1 Å². The summed E-state index contributed by atoms with van der Waals surface area (Å²) in [6.07, 6.45) is 3.85. The number of sulfonamides is 1. The molecule has 8 heteroatoms. The maximum Gasteiger partial charge on any atom is 0.232 e. The molecule has 0 fully saturated rings. The predicted molar refractivity (Wildman–Crippen MR) is 91.9 cm³/mol. The molecule has 1 heterocycles. The molecule has 0 unspecified atom stereocenters. The van der Waals surface area contributed by atoms with Gasteiger partial charge in [-0.1, -0.05) is 13.3 Å². The Labute approximate surface area is 143 Å². The molecule has 1 N–H and O–H groups in total. The highest BCUT2D eigenvalue weighted by atomic mass is 32.2. The SMILES string of the molecule is CCCCNC(=O)CCCN(c1ccc2c(c1)OCO2)S(C)(=O)=O. The molecule has 1 aliphatic rings. The van der Waals surface area contributed by atoms with Crippen LogP contribution in [-0.2, 0) is 14.8 Å². The lowest BCUT2D eigenvalue weighted by Crippen LogP contribution is -2.32. The summed E-state index contributed by atoms with van der Waals surface area (Å²) < 4.78 is 36.0. The van der Waals surface area contributed by atoms with Crippen LogP contribution >= 0.6 is 0 Å². The van der Waals surface area contributed by atoms with Crippen molar-refractivity contribution in [3.63, 3.8) is 0 Å². The van der Waals surface area contributed by atoms with E-state index in [2.05, 4.69) is 12.2 Å². The molecule has 1 amide bonds. The minimum atomic E-state index is -3.45. The fraction of sp³-hybridized carbons (Fsp3) is 0.562. The van der Waals surface area contributed by atoms with Gasteiger partial charge in [-0.3, -0.25) is 9.10 Å². The average molecular weight is 356 g/mol. The molecule has 0 saturated carbocycles. The number of rotatable bonds is 9. The number of anilines is 1. The number of nitrogens with zero attached hydrogens (tertiary/aromatic N) is 1. The van der Waals surface area contributed by atoms with E-state index in [0.717, 1.165) is 19.1 Å². The molecule has 1 aromatic carbocycles. The first-order chi connectivity index (χ1) is 11.4. The summed E-state index contributed by atoms with van der Waals surface area (Å²) in [5, 5.41) is 2.83. The Morgan fingerprint density at radius 3 is 2.71 bits per heavy atom. The van der Waals surface area contributed by atoms with Crippen LogP contribution in [0, 0.1) is 0 Å². The third-order valence-corrected chi connectivity index (χ3v) is 4.86. The number of hydrogen-bond donors (Lipinski definition) is 1. The lowest BCUT2D eigenvalue weighted by atomic mass is 10.2. The Kier molecular flexibility index (Phi) is 6.30. The first-order valence-corrected chi connectivity index (χ1v) is 9.90. The first-order valence-electron chi connectivity index (χ1n) is 8.06. The molecular formula is C16H24N2O5S. The summed E-state index contributed by atoms with van der Waals surface area (Å²) in [5.74, 6) is 1.07. The predicted octanol–water partition coefficient (Wildman–Crippen LogP) is 1.88. The summed E-state index contributed by atoms with van der Waals surface area (Å²) in [5.41, 5.74) is 0.508. The topological polar surface area (TPSA) is 84.9 Å². The van der Waals surface area contributed by atoms with Gasteiger partial charge in [0.25, 0.3) is 0 Å². The standard InChI is InChI=1S/C16H24N2O5S/c1-3-4-9-17-16(19)6-5-10-18(24(2,20)21)13-7-8-14-15(11-13)23-12-22-14/h7-8,11H,3-6,9-10,12H2,1-2H3,(H,17,19). The van der Waals surface area contributed by atoms with E-state index in [1.165, 1.54) is 4.31 Å². The number of carbonyl (C=O) groups is 1. The van der Waals surface area contributed by atoms with E-state index in [0.29, 0.717) is 36.6 Å². The van der Waals surface area contributed by atoms with Crippen molar-refractivity contribution in [3.05, 3.63) is 18.2 Å². The Bertz CT molecular complexity index is 675. The molecule has 2 rings (SSSR count). The van der Waals surface area contributed by atoms with Gasteiger partial charge in [-0.15, -0.1) is 0 Å². The molecule has 0 aliphatic carbocycles. The van der Waals surface area contributed by atoms with Crippen molar-refractivity contribution < 1.29 is 22.7 Å². The fourth-order valence-corrected chi connectivity index (χ4v) is 3.36. The number of benzene rings is 1. The summed E-state index contributed by atoms with van der Waals surface area (Å²) in [6.45, 7) is 3.09. The van der Waals surface area contributed by atoms with Crippen LogP contribution in [0.4, 0.5) is 5.69 Å². The van der Waals surface area contributed by atoms with Crippen molar-refractivity contribution in [3.8, 4) is 11.5 Å². The van der Waals surface area contributed by atoms with Crippen molar-refractivity contribution >= 4 is 21.6 Å². The molecular weight excluding hydrogens is 332 g/mol. The third-order valence-electron chi connectivity index (χ3n) is 3.66. The molecule has 0 bridgehead atoms. The zero-order valence-electron chi connectivity index (χ0n) is 14.1. The Hall–Kier alpha value is -1.96. The minimum absolute atomic E-state index is 0.0532. The van der Waals surface area contributed by atoms with Crippen LogP contribution in [-0.4, -0.2) is 40.5 Å². The van der Waals surface area contributed by atoms with Gasteiger partial charge < -0.3 is 14.8 Å². The highest BCUT2D eigenvalue weighted by molar-refractivity contribution is 7.92. The number of nitrogens with one attached hydrogen (secondary N) is 1.